The first kappa shape index (κ1) is 22.4. The standard InChI is InChI=1S/C18H32O6/c1-6-8-10-15(19)22-12-14(24-16(20)11-9-7-2)13-23-17(21)18(3,4)5/h14H,6-13H2,1-5H3/t14-/m1/s1. The fraction of sp³-hybridized carbons (Fsp3) is 0.833. The largest absolute Gasteiger partial charge is 0.462 e. The van der Waals surface area contributed by atoms with Gasteiger partial charge in [-0.3, -0.25) is 14.4 Å². The van der Waals surface area contributed by atoms with Crippen LogP contribution < -0.4 is 0 Å². The van der Waals surface area contributed by atoms with Crippen LogP contribution in [0, 0.1) is 5.41 Å². The Hall–Kier alpha value is -1.59. The molecule has 0 saturated heterocycles. The summed E-state index contributed by atoms with van der Waals surface area (Å²) in [5, 5.41) is 0. The van der Waals surface area contributed by atoms with E-state index in [9.17, 15) is 14.4 Å². The van der Waals surface area contributed by atoms with Crippen molar-refractivity contribution in [3.05, 3.63) is 0 Å². The van der Waals surface area contributed by atoms with Crippen molar-refractivity contribution in [3.63, 3.8) is 0 Å². The van der Waals surface area contributed by atoms with E-state index in [1.165, 1.54) is 0 Å². The zero-order chi connectivity index (χ0) is 18.6. The van der Waals surface area contributed by atoms with E-state index in [-0.39, 0.29) is 25.2 Å². The molecule has 0 heterocycles. The second-order valence-electron chi connectivity index (χ2n) is 6.85. The van der Waals surface area contributed by atoms with Crippen LogP contribution in [0.1, 0.15) is 73.1 Å². The Bertz CT molecular complexity index is 397. The summed E-state index contributed by atoms with van der Waals surface area (Å²) in [5.74, 6) is -1.11. The number of unbranched alkanes of at least 4 members (excludes halogenated alkanes) is 2. The predicted octanol–water partition coefficient (Wildman–Crippen LogP) is 3.41. The van der Waals surface area contributed by atoms with Crippen LogP contribution in [0.2, 0.25) is 0 Å². The van der Waals surface area contributed by atoms with Crippen LogP contribution in [0.4, 0.5) is 0 Å². The Labute approximate surface area is 145 Å². The second kappa shape index (κ2) is 11.9. The van der Waals surface area contributed by atoms with Gasteiger partial charge in [-0.1, -0.05) is 26.7 Å². The molecule has 0 fully saturated rings. The summed E-state index contributed by atoms with van der Waals surface area (Å²) in [4.78, 5) is 35.2. The van der Waals surface area contributed by atoms with Gasteiger partial charge >= 0.3 is 17.9 Å². The highest BCUT2D eigenvalue weighted by Crippen LogP contribution is 2.15. The maximum absolute atomic E-state index is 11.8. The molecule has 0 aromatic rings. The highest BCUT2D eigenvalue weighted by Gasteiger charge is 2.26. The summed E-state index contributed by atoms with van der Waals surface area (Å²) in [7, 11) is 0. The SMILES string of the molecule is CCCCC(=O)OC[C@H](COC(=O)C(C)(C)C)OC(=O)CCCC. The number of esters is 3. The molecule has 6 heteroatoms. The van der Waals surface area contributed by atoms with Gasteiger partial charge in [0, 0.05) is 12.8 Å². The molecule has 0 aliphatic rings. The van der Waals surface area contributed by atoms with Crippen molar-refractivity contribution in [1.82, 2.24) is 0 Å². The molecule has 6 nitrogen and oxygen atoms in total. The Kier molecular flexibility index (Phi) is 11.1. The number of carbonyl (C=O) groups excluding carboxylic acids is 3. The zero-order valence-corrected chi connectivity index (χ0v) is 15.7. The first-order chi connectivity index (χ1) is 11.2. The molecule has 1 atom stereocenters. The summed E-state index contributed by atoms with van der Waals surface area (Å²) < 4.78 is 15.6. The van der Waals surface area contributed by atoms with Crippen molar-refractivity contribution in [2.75, 3.05) is 13.2 Å². The molecule has 140 valence electrons. The second-order valence-corrected chi connectivity index (χ2v) is 6.85. The van der Waals surface area contributed by atoms with E-state index in [4.69, 9.17) is 14.2 Å². The number of hydrogen-bond acceptors (Lipinski definition) is 6. The molecular formula is C18H32O6. The maximum atomic E-state index is 11.8. The molecule has 0 N–H and O–H groups in total. The summed E-state index contributed by atoms with van der Waals surface area (Å²) in [5.41, 5.74) is -0.644. The molecule has 0 aliphatic heterocycles. The first-order valence-corrected chi connectivity index (χ1v) is 8.73. The summed E-state index contributed by atoms with van der Waals surface area (Å²) in [6.07, 6.45) is 3.10. The Balaban J connectivity index is 4.50. The van der Waals surface area contributed by atoms with Crippen LogP contribution in [-0.4, -0.2) is 37.2 Å². The molecule has 0 aliphatic carbocycles. The minimum Gasteiger partial charge on any atom is -0.462 e. The molecule has 24 heavy (non-hydrogen) atoms. The van der Waals surface area contributed by atoms with Crippen LogP contribution in [0.5, 0.6) is 0 Å². The summed E-state index contributed by atoms with van der Waals surface area (Å²) in [6, 6.07) is 0. The van der Waals surface area contributed by atoms with Crippen LogP contribution >= 0.6 is 0 Å². The summed E-state index contributed by atoms with van der Waals surface area (Å²) >= 11 is 0. The number of hydrogen-bond donors (Lipinski definition) is 0. The number of rotatable bonds is 11. The van der Waals surface area contributed by atoms with Crippen molar-refractivity contribution in [2.24, 2.45) is 5.41 Å². The Morgan fingerprint density at radius 2 is 1.33 bits per heavy atom. The van der Waals surface area contributed by atoms with Gasteiger partial charge < -0.3 is 14.2 Å². The van der Waals surface area contributed by atoms with E-state index in [0.29, 0.717) is 12.8 Å². The van der Waals surface area contributed by atoms with Gasteiger partial charge in [0.15, 0.2) is 6.10 Å². The third kappa shape index (κ3) is 11.0. The normalized spacial score (nSPS) is 12.4. The summed E-state index contributed by atoms with van der Waals surface area (Å²) in [6.45, 7) is 8.96. The third-order valence-electron chi connectivity index (χ3n) is 3.21. The van der Waals surface area contributed by atoms with Gasteiger partial charge in [0.05, 0.1) is 5.41 Å². The molecule has 0 bridgehead atoms. The molecule has 0 unspecified atom stereocenters. The fourth-order valence-corrected chi connectivity index (χ4v) is 1.65. The van der Waals surface area contributed by atoms with Crippen molar-refractivity contribution in [2.45, 2.75) is 79.2 Å². The van der Waals surface area contributed by atoms with Gasteiger partial charge in [-0.15, -0.1) is 0 Å². The van der Waals surface area contributed by atoms with Crippen molar-refractivity contribution in [3.8, 4) is 0 Å². The van der Waals surface area contributed by atoms with Crippen LogP contribution in [0.15, 0.2) is 0 Å². The van der Waals surface area contributed by atoms with E-state index in [1.807, 2.05) is 13.8 Å². The van der Waals surface area contributed by atoms with Gasteiger partial charge in [0.25, 0.3) is 0 Å². The fourth-order valence-electron chi connectivity index (χ4n) is 1.65. The molecule has 0 amide bonds. The van der Waals surface area contributed by atoms with Gasteiger partial charge in [-0.2, -0.15) is 0 Å². The van der Waals surface area contributed by atoms with Crippen LogP contribution in [0.3, 0.4) is 0 Å². The third-order valence-corrected chi connectivity index (χ3v) is 3.21. The smallest absolute Gasteiger partial charge is 0.311 e. The Morgan fingerprint density at radius 1 is 0.833 bits per heavy atom. The average Bonchev–Trinajstić information content (AvgIpc) is 2.51. The van der Waals surface area contributed by atoms with E-state index in [1.54, 1.807) is 20.8 Å². The minimum absolute atomic E-state index is 0.0994. The van der Waals surface area contributed by atoms with Crippen molar-refractivity contribution in [1.29, 1.82) is 0 Å². The van der Waals surface area contributed by atoms with Crippen molar-refractivity contribution >= 4 is 17.9 Å². The minimum atomic E-state index is -0.772. The lowest BCUT2D eigenvalue weighted by molar-refractivity contribution is -0.170. The van der Waals surface area contributed by atoms with Gasteiger partial charge in [0.2, 0.25) is 0 Å². The lowest BCUT2D eigenvalue weighted by atomic mass is 9.97. The molecule has 0 aromatic heterocycles. The predicted molar refractivity (Wildman–Crippen MR) is 90.3 cm³/mol. The van der Waals surface area contributed by atoms with Crippen LogP contribution in [-0.2, 0) is 28.6 Å². The average molecular weight is 344 g/mol. The highest BCUT2D eigenvalue weighted by molar-refractivity contribution is 5.75. The number of carbonyl (C=O) groups is 3. The monoisotopic (exact) mass is 344 g/mol. The maximum Gasteiger partial charge on any atom is 0.311 e. The highest BCUT2D eigenvalue weighted by atomic mass is 16.6. The van der Waals surface area contributed by atoms with Gasteiger partial charge in [-0.05, 0) is 33.6 Å². The number of ether oxygens (including phenoxy) is 3. The van der Waals surface area contributed by atoms with Crippen molar-refractivity contribution < 1.29 is 28.6 Å². The van der Waals surface area contributed by atoms with Crippen LogP contribution in [0.25, 0.3) is 0 Å². The van der Waals surface area contributed by atoms with Gasteiger partial charge in [-0.25, -0.2) is 0 Å². The van der Waals surface area contributed by atoms with E-state index >= 15 is 0 Å². The zero-order valence-electron chi connectivity index (χ0n) is 15.7. The lowest BCUT2D eigenvalue weighted by Crippen LogP contribution is -2.33. The van der Waals surface area contributed by atoms with E-state index in [2.05, 4.69) is 0 Å². The van der Waals surface area contributed by atoms with Gasteiger partial charge in [0.1, 0.15) is 13.2 Å². The molecule has 0 saturated carbocycles. The van der Waals surface area contributed by atoms with E-state index < -0.39 is 17.5 Å². The van der Waals surface area contributed by atoms with E-state index in [0.717, 1.165) is 25.7 Å². The molecule has 0 radical (unpaired) electrons. The first-order valence-electron chi connectivity index (χ1n) is 8.73. The molecular weight excluding hydrogens is 312 g/mol. The molecule has 0 rings (SSSR count). The molecule has 0 aromatic carbocycles. The Morgan fingerprint density at radius 3 is 1.83 bits per heavy atom. The quantitative estimate of drug-likeness (QED) is 0.422. The topological polar surface area (TPSA) is 78.9 Å². The lowest BCUT2D eigenvalue weighted by Gasteiger charge is -2.21. The molecule has 0 spiro atoms.